The quantitative estimate of drug-likeness (QED) is 0.720. The van der Waals surface area contributed by atoms with Crippen molar-refractivity contribution in [3.05, 3.63) is 41.7 Å². The van der Waals surface area contributed by atoms with Crippen molar-refractivity contribution >= 4 is 5.91 Å². The highest BCUT2D eigenvalue weighted by atomic mass is 19.3. The summed E-state index contributed by atoms with van der Waals surface area (Å²) in [5.74, 6) is -0.241. The number of ether oxygens (including phenoxy) is 2. The van der Waals surface area contributed by atoms with Crippen LogP contribution in [-0.2, 0) is 6.54 Å². The van der Waals surface area contributed by atoms with Gasteiger partial charge in [0.05, 0.1) is 12.6 Å². The smallest absolute Gasteiger partial charge is 0.387 e. The molecule has 1 fully saturated rings. The minimum atomic E-state index is -2.99. The lowest BCUT2D eigenvalue weighted by Gasteiger charge is -2.22. The van der Waals surface area contributed by atoms with E-state index in [9.17, 15) is 13.6 Å². The topological polar surface area (TPSA) is 77.4 Å². The summed E-state index contributed by atoms with van der Waals surface area (Å²) in [6.07, 6.45) is 3.86. The van der Waals surface area contributed by atoms with E-state index in [1.807, 2.05) is 0 Å². The lowest BCUT2D eigenvalue weighted by Crippen LogP contribution is -2.32. The molecule has 1 amide bonds. The van der Waals surface area contributed by atoms with Gasteiger partial charge in [-0.1, -0.05) is 12.1 Å². The maximum absolute atomic E-state index is 12.8. The Labute approximate surface area is 162 Å². The molecule has 0 spiro atoms. The molecule has 1 saturated heterocycles. The second-order valence-electron chi connectivity index (χ2n) is 6.42. The van der Waals surface area contributed by atoms with Crippen LogP contribution in [0.4, 0.5) is 8.78 Å². The molecule has 2 N–H and O–H groups in total. The molecular weight excluding hydrogens is 370 g/mol. The summed E-state index contributed by atoms with van der Waals surface area (Å²) in [6, 6.07) is 6.69. The monoisotopic (exact) mass is 394 g/mol. The number of hydrogen-bond donors (Lipinski definition) is 2. The highest BCUT2D eigenvalue weighted by Gasteiger charge is 2.19. The van der Waals surface area contributed by atoms with Gasteiger partial charge in [-0.15, -0.1) is 0 Å². The third-order valence-electron chi connectivity index (χ3n) is 4.49. The maximum Gasteiger partial charge on any atom is 0.387 e. The van der Waals surface area contributed by atoms with E-state index in [0.717, 1.165) is 25.9 Å². The summed E-state index contributed by atoms with van der Waals surface area (Å²) in [4.78, 5) is 12.4. The Hall–Kier alpha value is -2.68. The Morgan fingerprint density at radius 2 is 2.29 bits per heavy atom. The molecule has 2 heterocycles. The number of carbonyl (C=O) groups excluding carboxylic acids is 1. The van der Waals surface area contributed by atoms with E-state index in [1.165, 1.54) is 0 Å². The number of nitrogens with one attached hydrogen (secondary N) is 2. The van der Waals surface area contributed by atoms with Crippen LogP contribution >= 0.6 is 0 Å². The molecule has 152 valence electrons. The molecule has 3 rings (SSSR count). The van der Waals surface area contributed by atoms with E-state index >= 15 is 0 Å². The minimum Gasteiger partial charge on any atom is -0.490 e. The van der Waals surface area contributed by atoms with Crippen molar-refractivity contribution in [1.82, 2.24) is 20.4 Å². The van der Waals surface area contributed by atoms with Crippen LogP contribution in [0.3, 0.4) is 0 Å². The van der Waals surface area contributed by atoms with Gasteiger partial charge in [0.25, 0.3) is 5.91 Å². The zero-order chi connectivity index (χ0) is 19.9. The number of hydrogen-bond acceptors (Lipinski definition) is 5. The summed E-state index contributed by atoms with van der Waals surface area (Å²) in [5, 5.41) is 10.4. The number of benzene rings is 1. The zero-order valence-electron chi connectivity index (χ0n) is 15.7. The van der Waals surface area contributed by atoms with Crippen molar-refractivity contribution in [3.63, 3.8) is 0 Å². The minimum absolute atomic E-state index is 0.0135. The highest BCUT2D eigenvalue weighted by Crippen LogP contribution is 2.32. The number of nitrogens with zero attached hydrogens (tertiary/aromatic N) is 2. The fourth-order valence-electron chi connectivity index (χ4n) is 3.18. The lowest BCUT2D eigenvalue weighted by molar-refractivity contribution is -0.0520. The zero-order valence-corrected chi connectivity index (χ0v) is 15.7. The first-order chi connectivity index (χ1) is 13.6. The summed E-state index contributed by atoms with van der Waals surface area (Å²) in [7, 11) is 0. The molecule has 1 aliphatic rings. The van der Waals surface area contributed by atoms with E-state index in [2.05, 4.69) is 20.5 Å². The summed E-state index contributed by atoms with van der Waals surface area (Å²) in [6.45, 7) is 0.896. The first-order valence-electron chi connectivity index (χ1n) is 9.32. The number of piperidine rings is 1. The third kappa shape index (κ3) is 4.98. The van der Waals surface area contributed by atoms with Crippen LogP contribution in [0.1, 0.15) is 41.9 Å². The first-order valence-corrected chi connectivity index (χ1v) is 9.32. The predicted octanol–water partition coefficient (Wildman–Crippen LogP) is 2.74. The van der Waals surface area contributed by atoms with Crippen molar-refractivity contribution in [2.24, 2.45) is 0 Å². The van der Waals surface area contributed by atoms with Gasteiger partial charge >= 0.3 is 6.61 Å². The molecule has 1 aromatic carbocycles. The van der Waals surface area contributed by atoms with Crippen LogP contribution in [0.2, 0.25) is 0 Å². The number of carbonyl (C=O) groups is 1. The van der Waals surface area contributed by atoms with Gasteiger partial charge < -0.3 is 20.1 Å². The van der Waals surface area contributed by atoms with Crippen LogP contribution in [0, 0.1) is 0 Å². The second-order valence-corrected chi connectivity index (χ2v) is 6.42. The average molecular weight is 394 g/mol. The lowest BCUT2D eigenvalue weighted by atomic mass is 10.1. The van der Waals surface area contributed by atoms with Gasteiger partial charge in [0.1, 0.15) is 5.69 Å². The highest BCUT2D eigenvalue weighted by molar-refractivity contribution is 5.92. The Morgan fingerprint density at radius 1 is 1.43 bits per heavy atom. The molecule has 9 heteroatoms. The van der Waals surface area contributed by atoms with Crippen molar-refractivity contribution in [1.29, 1.82) is 0 Å². The number of alkyl halides is 2. The maximum atomic E-state index is 12.8. The second kappa shape index (κ2) is 9.50. The standard InChI is InChI=1S/C19H24F2N4O3/c1-2-27-16-7-3-5-13(17(16)28-19(20)21)11-23-18(26)15-8-10-25(24-15)14-6-4-9-22-12-14/h3,5,7-8,10,14,19,22H,2,4,6,9,11-12H2,1H3,(H,23,26). The third-order valence-corrected chi connectivity index (χ3v) is 4.49. The Bertz CT molecular complexity index is 791. The largest absolute Gasteiger partial charge is 0.490 e. The van der Waals surface area contributed by atoms with Gasteiger partial charge in [-0.05, 0) is 38.4 Å². The van der Waals surface area contributed by atoms with Gasteiger partial charge in [-0.2, -0.15) is 13.9 Å². The number of rotatable bonds is 8. The molecular formula is C19H24F2N4O3. The van der Waals surface area contributed by atoms with Crippen LogP contribution in [0.5, 0.6) is 11.5 Å². The number of halogens is 2. The number of aromatic nitrogens is 2. The molecule has 0 bridgehead atoms. The van der Waals surface area contributed by atoms with Crippen molar-refractivity contribution in [3.8, 4) is 11.5 Å². The van der Waals surface area contributed by atoms with Gasteiger partial charge in [0, 0.05) is 24.8 Å². The van der Waals surface area contributed by atoms with Crippen molar-refractivity contribution < 1.29 is 23.0 Å². The van der Waals surface area contributed by atoms with Crippen LogP contribution < -0.4 is 20.1 Å². The molecule has 0 radical (unpaired) electrons. The first kappa shape index (κ1) is 20.1. The fourth-order valence-corrected chi connectivity index (χ4v) is 3.18. The van der Waals surface area contributed by atoms with Crippen LogP contribution in [0.15, 0.2) is 30.5 Å². The van der Waals surface area contributed by atoms with E-state index < -0.39 is 6.61 Å². The fraction of sp³-hybridized carbons (Fsp3) is 0.474. The molecule has 0 aliphatic carbocycles. The Kier molecular flexibility index (Phi) is 6.80. The Morgan fingerprint density at radius 3 is 3.00 bits per heavy atom. The summed E-state index contributed by atoms with van der Waals surface area (Å²) in [5.41, 5.74) is 0.679. The molecule has 7 nitrogen and oxygen atoms in total. The van der Waals surface area contributed by atoms with E-state index in [0.29, 0.717) is 12.2 Å². The van der Waals surface area contributed by atoms with Crippen LogP contribution in [-0.4, -0.2) is 42.0 Å². The predicted molar refractivity (Wildman–Crippen MR) is 98.8 cm³/mol. The SMILES string of the molecule is CCOc1cccc(CNC(=O)c2ccn(C3CCCNC3)n2)c1OC(F)F. The van der Waals surface area contributed by atoms with Gasteiger partial charge in [0.2, 0.25) is 0 Å². The Balaban J connectivity index is 1.67. The van der Waals surface area contributed by atoms with Gasteiger partial charge in [-0.3, -0.25) is 9.48 Å². The molecule has 1 aromatic heterocycles. The summed E-state index contributed by atoms with van der Waals surface area (Å²) < 4.78 is 37.3. The van der Waals surface area contributed by atoms with Crippen molar-refractivity contribution in [2.45, 2.75) is 39.0 Å². The van der Waals surface area contributed by atoms with Gasteiger partial charge in [0.15, 0.2) is 11.5 Å². The van der Waals surface area contributed by atoms with E-state index in [-0.39, 0.29) is 35.7 Å². The van der Waals surface area contributed by atoms with Crippen LogP contribution in [0.25, 0.3) is 0 Å². The van der Waals surface area contributed by atoms with E-state index in [1.54, 1.807) is 42.1 Å². The molecule has 1 aliphatic heterocycles. The van der Waals surface area contributed by atoms with Gasteiger partial charge in [-0.25, -0.2) is 0 Å². The summed E-state index contributed by atoms with van der Waals surface area (Å²) >= 11 is 0. The average Bonchev–Trinajstić information content (AvgIpc) is 3.19. The number of para-hydroxylation sites is 1. The normalized spacial score (nSPS) is 16.8. The molecule has 1 unspecified atom stereocenters. The molecule has 2 aromatic rings. The van der Waals surface area contributed by atoms with Crippen molar-refractivity contribution in [2.75, 3.05) is 19.7 Å². The molecule has 28 heavy (non-hydrogen) atoms. The number of amides is 1. The molecule has 0 saturated carbocycles. The van der Waals surface area contributed by atoms with E-state index in [4.69, 9.17) is 4.74 Å². The molecule has 1 atom stereocenters.